The van der Waals surface area contributed by atoms with Crippen molar-refractivity contribution in [3.63, 3.8) is 0 Å². The highest BCUT2D eigenvalue weighted by molar-refractivity contribution is 6.22. The van der Waals surface area contributed by atoms with Crippen LogP contribution in [-0.4, -0.2) is 28.7 Å². The summed E-state index contributed by atoms with van der Waals surface area (Å²) in [6.45, 7) is 4.29. The first kappa shape index (κ1) is 17.9. The highest BCUT2D eigenvalue weighted by Crippen LogP contribution is 2.27. The summed E-state index contributed by atoms with van der Waals surface area (Å²) in [6.07, 6.45) is 0.423. The molecule has 1 N–H and O–H groups in total. The Morgan fingerprint density at radius 1 is 0.923 bits per heavy atom. The quantitative estimate of drug-likeness (QED) is 0.815. The summed E-state index contributed by atoms with van der Waals surface area (Å²) in [5, 5.41) is 2.86. The van der Waals surface area contributed by atoms with Gasteiger partial charge in [0, 0.05) is 6.54 Å². The molecule has 26 heavy (non-hydrogen) atoms. The molecule has 0 spiro atoms. The Morgan fingerprint density at radius 3 is 2.00 bits per heavy atom. The molecule has 5 nitrogen and oxygen atoms in total. The van der Waals surface area contributed by atoms with E-state index in [1.54, 1.807) is 24.3 Å². The van der Waals surface area contributed by atoms with E-state index in [1.807, 2.05) is 44.2 Å². The first-order valence-corrected chi connectivity index (χ1v) is 8.77. The van der Waals surface area contributed by atoms with Gasteiger partial charge in [-0.3, -0.25) is 19.3 Å². The summed E-state index contributed by atoms with van der Waals surface area (Å²) in [5.41, 5.74) is 1.69. The van der Waals surface area contributed by atoms with Crippen molar-refractivity contribution in [2.24, 2.45) is 5.92 Å². The minimum absolute atomic E-state index is 0.159. The average molecular weight is 350 g/mol. The van der Waals surface area contributed by atoms with Crippen LogP contribution in [0.5, 0.6) is 0 Å². The number of rotatable bonds is 6. The van der Waals surface area contributed by atoms with Crippen LogP contribution in [-0.2, 0) is 11.3 Å². The first-order chi connectivity index (χ1) is 12.5. The number of imide groups is 1. The Balaban J connectivity index is 1.81. The minimum Gasteiger partial charge on any atom is -0.350 e. The molecule has 0 aromatic heterocycles. The van der Waals surface area contributed by atoms with Gasteiger partial charge in [-0.25, -0.2) is 0 Å². The van der Waals surface area contributed by atoms with Gasteiger partial charge in [-0.2, -0.15) is 0 Å². The Morgan fingerprint density at radius 2 is 1.46 bits per heavy atom. The van der Waals surface area contributed by atoms with Crippen LogP contribution in [0.2, 0.25) is 0 Å². The molecule has 0 saturated carbocycles. The van der Waals surface area contributed by atoms with Crippen molar-refractivity contribution < 1.29 is 14.4 Å². The van der Waals surface area contributed by atoms with Crippen molar-refractivity contribution in [2.75, 3.05) is 0 Å². The Kier molecular flexibility index (Phi) is 5.16. The van der Waals surface area contributed by atoms with Crippen LogP contribution in [0.25, 0.3) is 0 Å². The molecule has 1 aliphatic heterocycles. The van der Waals surface area contributed by atoms with Crippen molar-refractivity contribution in [1.29, 1.82) is 0 Å². The van der Waals surface area contributed by atoms with Gasteiger partial charge in [0.2, 0.25) is 5.91 Å². The lowest BCUT2D eigenvalue weighted by Crippen LogP contribution is -2.50. The van der Waals surface area contributed by atoms with Gasteiger partial charge < -0.3 is 5.32 Å². The molecule has 0 fully saturated rings. The number of nitrogens with one attached hydrogen (secondary N) is 1. The number of amides is 3. The van der Waals surface area contributed by atoms with E-state index < -0.39 is 17.9 Å². The van der Waals surface area contributed by atoms with Gasteiger partial charge in [0.05, 0.1) is 11.1 Å². The molecule has 1 heterocycles. The predicted molar refractivity (Wildman–Crippen MR) is 98.5 cm³/mol. The molecule has 0 saturated heterocycles. The third-order valence-electron chi connectivity index (χ3n) is 4.44. The molecular weight excluding hydrogens is 328 g/mol. The zero-order valence-electron chi connectivity index (χ0n) is 14.9. The van der Waals surface area contributed by atoms with Crippen LogP contribution in [0, 0.1) is 5.92 Å². The molecule has 1 atom stereocenters. The van der Waals surface area contributed by atoms with Gasteiger partial charge in [-0.05, 0) is 30.0 Å². The van der Waals surface area contributed by atoms with E-state index in [0.29, 0.717) is 24.1 Å². The van der Waals surface area contributed by atoms with Gasteiger partial charge in [-0.1, -0.05) is 56.3 Å². The number of carbonyl (C=O) groups is 3. The van der Waals surface area contributed by atoms with Crippen LogP contribution >= 0.6 is 0 Å². The Bertz CT molecular complexity index is 795. The summed E-state index contributed by atoms with van der Waals surface area (Å²) in [5.74, 6) is -0.943. The van der Waals surface area contributed by atoms with E-state index in [1.165, 1.54) is 0 Å². The van der Waals surface area contributed by atoms with E-state index in [2.05, 4.69) is 5.32 Å². The molecule has 3 amide bonds. The predicted octanol–water partition coefficient (Wildman–Crippen LogP) is 3.01. The maximum absolute atomic E-state index is 12.8. The van der Waals surface area contributed by atoms with Crippen LogP contribution in [0.1, 0.15) is 46.5 Å². The van der Waals surface area contributed by atoms with Crippen molar-refractivity contribution in [3.8, 4) is 0 Å². The second-order valence-electron chi connectivity index (χ2n) is 6.87. The summed E-state index contributed by atoms with van der Waals surface area (Å²) in [6, 6.07) is 15.4. The molecular formula is C21H22N2O3. The fraction of sp³-hybridized carbons (Fsp3) is 0.286. The number of fused-ring (bicyclic) bond motifs is 1. The van der Waals surface area contributed by atoms with E-state index in [4.69, 9.17) is 0 Å². The third kappa shape index (κ3) is 3.52. The average Bonchev–Trinajstić information content (AvgIpc) is 2.90. The normalized spacial score (nSPS) is 14.5. The number of hydrogen-bond acceptors (Lipinski definition) is 3. The molecule has 3 rings (SSSR count). The van der Waals surface area contributed by atoms with E-state index in [0.717, 1.165) is 10.5 Å². The lowest BCUT2D eigenvalue weighted by atomic mass is 10.0. The summed E-state index contributed by atoms with van der Waals surface area (Å²) in [7, 11) is 0. The lowest BCUT2D eigenvalue weighted by Gasteiger charge is -2.26. The molecule has 2 aromatic carbocycles. The van der Waals surface area contributed by atoms with Crippen LogP contribution < -0.4 is 5.32 Å². The molecule has 0 aliphatic carbocycles. The highest BCUT2D eigenvalue weighted by Gasteiger charge is 2.42. The van der Waals surface area contributed by atoms with E-state index in [-0.39, 0.29) is 11.8 Å². The molecule has 0 bridgehead atoms. The molecule has 134 valence electrons. The standard InChI is InChI=1S/C21H22N2O3/c1-14(2)12-18(19(24)22-13-15-8-4-3-5-9-15)23-20(25)16-10-6-7-11-17(16)21(23)26/h3-11,14,18H,12-13H2,1-2H3,(H,22,24)/t18-/m1/s1. The summed E-state index contributed by atoms with van der Waals surface area (Å²) in [4.78, 5) is 39.4. The smallest absolute Gasteiger partial charge is 0.262 e. The number of carbonyl (C=O) groups excluding carboxylic acids is 3. The SMILES string of the molecule is CC(C)C[C@H](C(=O)NCc1ccccc1)N1C(=O)c2ccccc2C1=O. The maximum atomic E-state index is 12.8. The van der Waals surface area contributed by atoms with Crippen molar-refractivity contribution in [3.05, 3.63) is 71.3 Å². The number of benzene rings is 2. The second kappa shape index (κ2) is 7.52. The molecule has 5 heteroatoms. The topological polar surface area (TPSA) is 66.5 Å². The molecule has 0 radical (unpaired) electrons. The first-order valence-electron chi connectivity index (χ1n) is 8.77. The lowest BCUT2D eigenvalue weighted by molar-refractivity contribution is -0.125. The minimum atomic E-state index is -0.814. The van der Waals surface area contributed by atoms with Crippen LogP contribution in [0.15, 0.2) is 54.6 Å². The van der Waals surface area contributed by atoms with Crippen molar-refractivity contribution in [1.82, 2.24) is 10.2 Å². The second-order valence-corrected chi connectivity index (χ2v) is 6.87. The van der Waals surface area contributed by atoms with E-state index >= 15 is 0 Å². The zero-order valence-corrected chi connectivity index (χ0v) is 14.9. The van der Waals surface area contributed by atoms with Gasteiger partial charge in [0.25, 0.3) is 11.8 Å². The summed E-state index contributed by atoms with van der Waals surface area (Å²) < 4.78 is 0. The highest BCUT2D eigenvalue weighted by atomic mass is 16.2. The Labute approximate surface area is 153 Å². The van der Waals surface area contributed by atoms with Gasteiger partial charge in [-0.15, -0.1) is 0 Å². The van der Waals surface area contributed by atoms with E-state index in [9.17, 15) is 14.4 Å². The third-order valence-corrected chi connectivity index (χ3v) is 4.44. The number of nitrogens with zero attached hydrogens (tertiary/aromatic N) is 1. The fourth-order valence-electron chi connectivity index (χ4n) is 3.17. The Hall–Kier alpha value is -2.95. The van der Waals surface area contributed by atoms with Crippen molar-refractivity contribution >= 4 is 17.7 Å². The van der Waals surface area contributed by atoms with Crippen LogP contribution in [0.4, 0.5) is 0 Å². The van der Waals surface area contributed by atoms with Gasteiger partial charge in [0.15, 0.2) is 0 Å². The maximum Gasteiger partial charge on any atom is 0.262 e. The number of hydrogen-bond donors (Lipinski definition) is 1. The van der Waals surface area contributed by atoms with Gasteiger partial charge in [0.1, 0.15) is 6.04 Å². The molecule has 0 unspecified atom stereocenters. The fourth-order valence-corrected chi connectivity index (χ4v) is 3.17. The molecule has 2 aromatic rings. The van der Waals surface area contributed by atoms with Crippen molar-refractivity contribution in [2.45, 2.75) is 32.9 Å². The van der Waals surface area contributed by atoms with Gasteiger partial charge >= 0.3 is 0 Å². The summed E-state index contributed by atoms with van der Waals surface area (Å²) >= 11 is 0. The monoisotopic (exact) mass is 350 g/mol. The molecule has 1 aliphatic rings. The zero-order chi connectivity index (χ0) is 18.7. The van der Waals surface area contributed by atoms with Crippen LogP contribution in [0.3, 0.4) is 0 Å². The largest absolute Gasteiger partial charge is 0.350 e.